The molecule has 3 rings (SSSR count). The van der Waals surface area contributed by atoms with E-state index in [9.17, 15) is 4.79 Å². The Hall–Kier alpha value is -1.39. The predicted molar refractivity (Wildman–Crippen MR) is 95.0 cm³/mol. The van der Waals surface area contributed by atoms with Crippen molar-refractivity contribution < 1.29 is 9.53 Å². The molecule has 0 unspecified atom stereocenters. The van der Waals surface area contributed by atoms with Crippen molar-refractivity contribution in [3.8, 4) is 5.75 Å². The van der Waals surface area contributed by atoms with Crippen molar-refractivity contribution in [2.75, 3.05) is 18.6 Å². The Labute approximate surface area is 139 Å². The molecule has 0 spiro atoms. The SMILES string of the molecule is COc1ccc(C(=O)CC2(c3ccccc3)SCCS2)cc1. The molecule has 0 aliphatic carbocycles. The molecule has 114 valence electrons. The lowest BCUT2D eigenvalue weighted by atomic mass is 10.0. The Morgan fingerprint density at radius 3 is 2.27 bits per heavy atom. The van der Waals surface area contributed by atoms with Crippen molar-refractivity contribution in [3.63, 3.8) is 0 Å². The molecule has 1 saturated heterocycles. The molecule has 0 amide bonds. The molecule has 1 aliphatic rings. The highest BCUT2D eigenvalue weighted by molar-refractivity contribution is 8.20. The standard InChI is InChI=1S/C18H18O2S2/c1-20-16-9-7-14(8-10-16)17(19)13-18(21-11-12-22-18)15-5-3-2-4-6-15/h2-10H,11-13H2,1H3. The van der Waals surface area contributed by atoms with Crippen LogP contribution in [0.1, 0.15) is 22.3 Å². The first kappa shape index (κ1) is 15.5. The van der Waals surface area contributed by atoms with E-state index < -0.39 is 0 Å². The molecule has 0 atom stereocenters. The van der Waals surface area contributed by atoms with Crippen molar-refractivity contribution >= 4 is 29.3 Å². The maximum absolute atomic E-state index is 12.7. The molecule has 1 fully saturated rings. The normalized spacial score (nSPS) is 16.4. The largest absolute Gasteiger partial charge is 0.497 e. The highest BCUT2D eigenvalue weighted by Crippen LogP contribution is 2.54. The minimum atomic E-state index is -0.141. The summed E-state index contributed by atoms with van der Waals surface area (Å²) in [5, 5.41) is 0. The van der Waals surface area contributed by atoms with E-state index in [1.807, 2.05) is 66.0 Å². The number of rotatable bonds is 5. The predicted octanol–water partition coefficient (Wildman–Crippen LogP) is 4.60. The second-order valence-electron chi connectivity index (χ2n) is 5.14. The average molecular weight is 330 g/mol. The molecule has 0 N–H and O–H groups in total. The lowest BCUT2D eigenvalue weighted by molar-refractivity contribution is 0.0979. The number of carbonyl (C=O) groups excluding carboxylic acids is 1. The highest BCUT2D eigenvalue weighted by atomic mass is 32.2. The van der Waals surface area contributed by atoms with Crippen LogP contribution in [0.3, 0.4) is 0 Å². The molecular weight excluding hydrogens is 312 g/mol. The number of hydrogen-bond donors (Lipinski definition) is 0. The first-order valence-corrected chi connectivity index (χ1v) is 9.21. The second-order valence-corrected chi connectivity index (χ2v) is 8.19. The van der Waals surface area contributed by atoms with Gasteiger partial charge in [-0.1, -0.05) is 30.3 Å². The van der Waals surface area contributed by atoms with Crippen LogP contribution in [-0.2, 0) is 4.08 Å². The van der Waals surface area contributed by atoms with E-state index in [2.05, 4.69) is 12.1 Å². The lowest BCUT2D eigenvalue weighted by Crippen LogP contribution is -2.19. The van der Waals surface area contributed by atoms with Gasteiger partial charge in [0.05, 0.1) is 11.2 Å². The van der Waals surface area contributed by atoms with Crippen molar-refractivity contribution in [1.82, 2.24) is 0 Å². The molecule has 2 aromatic rings. The van der Waals surface area contributed by atoms with Crippen LogP contribution < -0.4 is 4.74 Å². The Morgan fingerprint density at radius 2 is 1.68 bits per heavy atom. The van der Waals surface area contributed by atoms with Crippen molar-refractivity contribution in [2.24, 2.45) is 0 Å². The van der Waals surface area contributed by atoms with E-state index in [0.29, 0.717) is 6.42 Å². The molecule has 2 aromatic carbocycles. The van der Waals surface area contributed by atoms with Crippen LogP contribution in [0.2, 0.25) is 0 Å². The van der Waals surface area contributed by atoms with Gasteiger partial charge < -0.3 is 4.74 Å². The molecule has 2 nitrogen and oxygen atoms in total. The monoisotopic (exact) mass is 330 g/mol. The molecular formula is C18H18O2S2. The summed E-state index contributed by atoms with van der Waals surface area (Å²) in [4.78, 5) is 12.7. The maximum atomic E-state index is 12.7. The number of thioether (sulfide) groups is 2. The summed E-state index contributed by atoms with van der Waals surface area (Å²) in [6.45, 7) is 0. The van der Waals surface area contributed by atoms with E-state index in [1.165, 1.54) is 5.56 Å². The van der Waals surface area contributed by atoms with Crippen LogP contribution in [0.15, 0.2) is 54.6 Å². The number of Topliss-reactive ketones (excluding diaryl/α,β-unsaturated/α-hetero) is 1. The quantitative estimate of drug-likeness (QED) is 0.748. The third kappa shape index (κ3) is 3.18. The zero-order valence-electron chi connectivity index (χ0n) is 12.5. The minimum absolute atomic E-state index is 0.141. The maximum Gasteiger partial charge on any atom is 0.165 e. The Kier molecular flexibility index (Phi) is 4.79. The lowest BCUT2D eigenvalue weighted by Gasteiger charge is -2.27. The number of hydrogen-bond acceptors (Lipinski definition) is 4. The highest BCUT2D eigenvalue weighted by Gasteiger charge is 2.39. The van der Waals surface area contributed by atoms with Gasteiger partial charge in [0.15, 0.2) is 5.78 Å². The zero-order valence-corrected chi connectivity index (χ0v) is 14.1. The van der Waals surface area contributed by atoms with Crippen LogP contribution >= 0.6 is 23.5 Å². The first-order valence-electron chi connectivity index (χ1n) is 7.24. The summed E-state index contributed by atoms with van der Waals surface area (Å²) in [7, 11) is 1.63. The Bertz CT molecular complexity index is 632. The minimum Gasteiger partial charge on any atom is -0.497 e. The topological polar surface area (TPSA) is 26.3 Å². The number of ketones is 1. The van der Waals surface area contributed by atoms with Gasteiger partial charge in [0.2, 0.25) is 0 Å². The fourth-order valence-electron chi connectivity index (χ4n) is 2.61. The molecule has 0 radical (unpaired) electrons. The van der Waals surface area contributed by atoms with E-state index in [1.54, 1.807) is 7.11 Å². The van der Waals surface area contributed by atoms with Gasteiger partial charge in [0.1, 0.15) is 5.75 Å². The van der Waals surface area contributed by atoms with Crippen LogP contribution in [0, 0.1) is 0 Å². The number of methoxy groups -OCH3 is 1. The van der Waals surface area contributed by atoms with Gasteiger partial charge in [-0.25, -0.2) is 0 Å². The fraction of sp³-hybridized carbons (Fsp3) is 0.278. The summed E-state index contributed by atoms with van der Waals surface area (Å²) in [6.07, 6.45) is 0.526. The fourth-order valence-corrected chi connectivity index (χ4v) is 5.84. The van der Waals surface area contributed by atoms with Crippen LogP contribution in [0.25, 0.3) is 0 Å². The van der Waals surface area contributed by atoms with E-state index >= 15 is 0 Å². The molecule has 0 saturated carbocycles. The van der Waals surface area contributed by atoms with Gasteiger partial charge in [-0.15, -0.1) is 23.5 Å². The van der Waals surface area contributed by atoms with Gasteiger partial charge in [0.25, 0.3) is 0 Å². The van der Waals surface area contributed by atoms with Crippen LogP contribution in [-0.4, -0.2) is 24.4 Å². The summed E-state index contributed by atoms with van der Waals surface area (Å²) >= 11 is 3.78. The zero-order chi connectivity index (χ0) is 15.4. The molecule has 1 aliphatic heterocycles. The summed E-state index contributed by atoms with van der Waals surface area (Å²) in [6, 6.07) is 17.8. The molecule has 22 heavy (non-hydrogen) atoms. The van der Waals surface area contributed by atoms with Gasteiger partial charge >= 0.3 is 0 Å². The third-order valence-electron chi connectivity index (χ3n) is 3.77. The van der Waals surface area contributed by atoms with Gasteiger partial charge in [0, 0.05) is 23.5 Å². The van der Waals surface area contributed by atoms with Crippen molar-refractivity contribution in [2.45, 2.75) is 10.5 Å². The smallest absolute Gasteiger partial charge is 0.165 e. The molecule has 0 aromatic heterocycles. The second kappa shape index (κ2) is 6.80. The third-order valence-corrected chi connectivity index (χ3v) is 7.25. The summed E-state index contributed by atoms with van der Waals surface area (Å²) in [5.41, 5.74) is 1.99. The van der Waals surface area contributed by atoms with E-state index in [-0.39, 0.29) is 9.86 Å². The number of benzene rings is 2. The van der Waals surface area contributed by atoms with Crippen LogP contribution in [0.5, 0.6) is 5.75 Å². The van der Waals surface area contributed by atoms with Gasteiger partial charge in [-0.05, 0) is 29.8 Å². The Morgan fingerprint density at radius 1 is 1.05 bits per heavy atom. The summed E-state index contributed by atoms with van der Waals surface area (Å²) < 4.78 is 5.01. The van der Waals surface area contributed by atoms with Crippen molar-refractivity contribution in [3.05, 3.63) is 65.7 Å². The van der Waals surface area contributed by atoms with Gasteiger partial charge in [-0.2, -0.15) is 0 Å². The van der Waals surface area contributed by atoms with Crippen LogP contribution in [0.4, 0.5) is 0 Å². The van der Waals surface area contributed by atoms with E-state index in [4.69, 9.17) is 4.74 Å². The molecule has 4 heteroatoms. The van der Waals surface area contributed by atoms with E-state index in [0.717, 1.165) is 22.8 Å². The number of carbonyl (C=O) groups is 1. The van der Waals surface area contributed by atoms with Crippen molar-refractivity contribution in [1.29, 1.82) is 0 Å². The summed E-state index contributed by atoms with van der Waals surface area (Å²) in [5.74, 6) is 3.15. The first-order chi connectivity index (χ1) is 10.7. The molecule has 0 bridgehead atoms. The van der Waals surface area contributed by atoms with Gasteiger partial charge in [-0.3, -0.25) is 4.79 Å². The average Bonchev–Trinajstić information content (AvgIpc) is 3.05. The molecule has 1 heterocycles. The Balaban J connectivity index is 1.83. The number of ether oxygens (including phenoxy) is 1.